The highest BCUT2D eigenvalue weighted by molar-refractivity contribution is 4.96. The molecule has 3 heteroatoms. The number of aromatic amines is 1. The Morgan fingerprint density at radius 2 is 2.62 bits per heavy atom. The molecule has 2 N–H and O–H groups in total. The van der Waals surface area contributed by atoms with Crippen LogP contribution in [-0.2, 0) is 6.61 Å². The van der Waals surface area contributed by atoms with Crippen molar-refractivity contribution in [3.8, 4) is 0 Å². The van der Waals surface area contributed by atoms with Crippen LogP contribution in [0.5, 0.6) is 0 Å². The highest BCUT2D eigenvalue weighted by Crippen LogP contribution is 1.92. The molecule has 0 atom stereocenters. The van der Waals surface area contributed by atoms with Crippen LogP contribution >= 0.6 is 0 Å². The zero-order valence-corrected chi connectivity index (χ0v) is 4.68. The molecular weight excluding hydrogens is 104 g/mol. The first kappa shape index (κ1) is 5.31. The van der Waals surface area contributed by atoms with Crippen molar-refractivity contribution in [3.05, 3.63) is 17.7 Å². The maximum absolute atomic E-state index is 8.46. The number of aliphatic hydroxyl groups excluding tert-OH is 1. The largest absolute Gasteiger partial charge is 0.388 e. The number of nitrogens with zero attached hydrogens (tertiary/aromatic N) is 1. The summed E-state index contributed by atoms with van der Waals surface area (Å²) in [4.78, 5) is 6.69. The topological polar surface area (TPSA) is 48.9 Å². The van der Waals surface area contributed by atoms with Crippen molar-refractivity contribution in [1.29, 1.82) is 0 Å². The molecule has 0 spiro atoms. The Bertz CT molecular complexity index is 171. The molecule has 0 saturated heterocycles. The Morgan fingerprint density at radius 3 is 2.88 bits per heavy atom. The van der Waals surface area contributed by atoms with E-state index >= 15 is 0 Å². The van der Waals surface area contributed by atoms with Gasteiger partial charge in [0.15, 0.2) is 0 Å². The lowest BCUT2D eigenvalue weighted by molar-refractivity contribution is 0.272. The maximum Gasteiger partial charge on any atom is 0.132 e. The van der Waals surface area contributed by atoms with Crippen molar-refractivity contribution >= 4 is 0 Å². The van der Waals surface area contributed by atoms with Crippen molar-refractivity contribution in [2.24, 2.45) is 0 Å². The van der Waals surface area contributed by atoms with Gasteiger partial charge in [0.1, 0.15) is 12.4 Å². The van der Waals surface area contributed by atoms with Gasteiger partial charge in [-0.2, -0.15) is 0 Å². The zero-order chi connectivity index (χ0) is 5.98. The van der Waals surface area contributed by atoms with Gasteiger partial charge >= 0.3 is 0 Å². The van der Waals surface area contributed by atoms with Crippen molar-refractivity contribution in [3.63, 3.8) is 0 Å². The lowest BCUT2D eigenvalue weighted by atomic mass is 10.6. The summed E-state index contributed by atoms with van der Waals surface area (Å²) in [6, 6.07) is 0. The molecule has 0 aliphatic rings. The molecule has 0 aliphatic carbocycles. The molecular formula is C5H8N2O. The first-order chi connectivity index (χ1) is 3.83. The second-order valence-electron chi connectivity index (χ2n) is 1.67. The summed E-state index contributed by atoms with van der Waals surface area (Å²) in [5, 5.41) is 8.46. The summed E-state index contributed by atoms with van der Waals surface area (Å²) in [6.07, 6.45) is 1.69. The second kappa shape index (κ2) is 1.96. The van der Waals surface area contributed by atoms with Crippen molar-refractivity contribution in [1.82, 2.24) is 9.97 Å². The summed E-state index contributed by atoms with van der Waals surface area (Å²) in [5.74, 6) is 0.627. The zero-order valence-electron chi connectivity index (χ0n) is 4.68. The number of aryl methyl sites for hydroxylation is 1. The van der Waals surface area contributed by atoms with Gasteiger partial charge in [-0.25, -0.2) is 4.98 Å². The second-order valence-corrected chi connectivity index (χ2v) is 1.67. The minimum atomic E-state index is -0.00611. The molecule has 0 amide bonds. The van der Waals surface area contributed by atoms with Gasteiger partial charge in [0.05, 0.1) is 0 Å². The first-order valence-electron chi connectivity index (χ1n) is 2.44. The van der Waals surface area contributed by atoms with Gasteiger partial charge in [-0.1, -0.05) is 0 Å². The summed E-state index contributed by atoms with van der Waals surface area (Å²) in [7, 11) is 0. The predicted octanol–water partition coefficient (Wildman–Crippen LogP) is 0.210. The van der Waals surface area contributed by atoms with Gasteiger partial charge < -0.3 is 10.1 Å². The van der Waals surface area contributed by atoms with Gasteiger partial charge in [-0.05, 0) is 6.92 Å². The highest BCUT2D eigenvalue weighted by atomic mass is 16.3. The minimum absolute atomic E-state index is 0.00611. The van der Waals surface area contributed by atoms with Gasteiger partial charge in [0.2, 0.25) is 0 Å². The van der Waals surface area contributed by atoms with Crippen LogP contribution in [0.15, 0.2) is 6.20 Å². The number of imidazole rings is 1. The molecule has 0 unspecified atom stereocenters. The van der Waals surface area contributed by atoms with E-state index in [4.69, 9.17) is 5.11 Å². The van der Waals surface area contributed by atoms with Gasteiger partial charge in [-0.15, -0.1) is 0 Å². The highest BCUT2D eigenvalue weighted by Gasteiger charge is 1.90. The van der Waals surface area contributed by atoms with Crippen molar-refractivity contribution in [2.75, 3.05) is 0 Å². The van der Waals surface area contributed by atoms with Crippen LogP contribution in [0.2, 0.25) is 0 Å². The molecule has 0 aromatic carbocycles. The van der Waals surface area contributed by atoms with Crippen molar-refractivity contribution in [2.45, 2.75) is 13.5 Å². The quantitative estimate of drug-likeness (QED) is 0.545. The van der Waals surface area contributed by atoms with E-state index in [2.05, 4.69) is 9.97 Å². The van der Waals surface area contributed by atoms with Crippen LogP contribution in [0.25, 0.3) is 0 Å². The third kappa shape index (κ3) is 0.869. The Hall–Kier alpha value is -0.830. The van der Waals surface area contributed by atoms with Crippen LogP contribution in [0, 0.1) is 6.92 Å². The fourth-order valence-electron chi connectivity index (χ4n) is 0.547. The summed E-state index contributed by atoms with van der Waals surface area (Å²) in [6.45, 7) is 1.89. The normalized spacial score (nSPS) is 9.75. The number of H-pyrrole nitrogens is 1. The molecule has 1 heterocycles. The standard InChI is InChI=1S/C5H8N2O/c1-4-2-6-5(3-8)7-4/h2,8H,3H2,1H3,(H,6,7). The minimum Gasteiger partial charge on any atom is -0.388 e. The van der Waals surface area contributed by atoms with E-state index in [9.17, 15) is 0 Å². The molecule has 1 aromatic rings. The van der Waals surface area contributed by atoms with E-state index in [0.717, 1.165) is 5.69 Å². The lowest BCUT2D eigenvalue weighted by Gasteiger charge is -1.81. The number of hydrogen-bond donors (Lipinski definition) is 2. The van der Waals surface area contributed by atoms with Gasteiger partial charge in [0.25, 0.3) is 0 Å². The lowest BCUT2D eigenvalue weighted by Crippen LogP contribution is -1.83. The van der Waals surface area contributed by atoms with Crippen LogP contribution in [0.1, 0.15) is 11.5 Å². The monoisotopic (exact) mass is 112 g/mol. The van der Waals surface area contributed by atoms with Crippen LogP contribution in [0.4, 0.5) is 0 Å². The van der Waals surface area contributed by atoms with Crippen molar-refractivity contribution < 1.29 is 5.11 Å². The van der Waals surface area contributed by atoms with Gasteiger partial charge in [0, 0.05) is 11.9 Å². The summed E-state index contributed by atoms with van der Waals surface area (Å²) >= 11 is 0. The number of rotatable bonds is 1. The number of hydrogen-bond acceptors (Lipinski definition) is 2. The molecule has 8 heavy (non-hydrogen) atoms. The molecule has 44 valence electrons. The Balaban J connectivity index is 2.84. The van der Waals surface area contributed by atoms with E-state index in [1.165, 1.54) is 0 Å². The van der Waals surface area contributed by atoms with Gasteiger partial charge in [-0.3, -0.25) is 0 Å². The van der Waals surface area contributed by atoms with Crippen LogP contribution in [-0.4, -0.2) is 15.1 Å². The maximum atomic E-state index is 8.46. The Labute approximate surface area is 47.4 Å². The van der Waals surface area contributed by atoms with E-state index in [1.54, 1.807) is 6.20 Å². The molecule has 0 saturated carbocycles. The third-order valence-electron chi connectivity index (χ3n) is 0.905. The smallest absolute Gasteiger partial charge is 0.132 e. The van der Waals surface area contributed by atoms with E-state index in [-0.39, 0.29) is 6.61 Å². The number of aliphatic hydroxyl groups is 1. The molecule has 0 fully saturated rings. The Kier molecular flexibility index (Phi) is 1.30. The molecule has 1 aromatic heterocycles. The average molecular weight is 112 g/mol. The molecule has 0 radical (unpaired) electrons. The first-order valence-corrected chi connectivity index (χ1v) is 2.44. The fourth-order valence-corrected chi connectivity index (χ4v) is 0.547. The summed E-state index contributed by atoms with van der Waals surface area (Å²) < 4.78 is 0. The molecule has 1 rings (SSSR count). The van der Waals surface area contributed by atoms with Crippen LogP contribution < -0.4 is 0 Å². The van der Waals surface area contributed by atoms with E-state index in [1.807, 2.05) is 6.92 Å². The fraction of sp³-hybridized carbons (Fsp3) is 0.400. The van der Waals surface area contributed by atoms with E-state index < -0.39 is 0 Å². The third-order valence-corrected chi connectivity index (χ3v) is 0.905. The molecule has 3 nitrogen and oxygen atoms in total. The van der Waals surface area contributed by atoms with Crippen LogP contribution in [0.3, 0.4) is 0 Å². The van der Waals surface area contributed by atoms with E-state index in [0.29, 0.717) is 5.82 Å². The average Bonchev–Trinajstić information content (AvgIpc) is 2.14. The molecule has 0 bridgehead atoms. The number of nitrogens with one attached hydrogen (secondary N) is 1. The molecule has 0 aliphatic heterocycles. The summed E-state index contributed by atoms with van der Waals surface area (Å²) in [5.41, 5.74) is 0.981. The Morgan fingerprint density at radius 1 is 1.88 bits per heavy atom. The number of aromatic nitrogens is 2. The SMILES string of the molecule is Cc1cnc(CO)[nH]1. The predicted molar refractivity (Wildman–Crippen MR) is 29.2 cm³/mol.